The SMILES string of the molecule is Nc1ncc(F)cc1C(=O)Nc1ccc(F)c(Br)c1. The number of nitrogens with zero attached hydrogens (tertiary/aromatic N) is 1. The Balaban J connectivity index is 2.25. The van der Waals surface area contributed by atoms with Gasteiger partial charge in [-0.05, 0) is 40.2 Å². The number of anilines is 2. The molecule has 0 fully saturated rings. The van der Waals surface area contributed by atoms with E-state index in [4.69, 9.17) is 5.73 Å². The molecular formula is C12H8BrF2N3O. The van der Waals surface area contributed by atoms with Crippen molar-refractivity contribution < 1.29 is 13.6 Å². The standard InChI is InChI=1S/C12H8BrF2N3O/c13-9-4-7(1-2-10(9)15)18-12(19)8-3-6(14)5-17-11(8)16/h1-5H,(H2,16,17)(H,18,19). The van der Waals surface area contributed by atoms with Crippen LogP contribution in [0.5, 0.6) is 0 Å². The number of rotatable bonds is 2. The maximum atomic E-state index is 13.0. The predicted octanol–water partition coefficient (Wildman–Crippen LogP) is 2.96. The molecular weight excluding hydrogens is 320 g/mol. The highest BCUT2D eigenvalue weighted by Gasteiger charge is 2.13. The van der Waals surface area contributed by atoms with E-state index >= 15 is 0 Å². The number of hydrogen-bond acceptors (Lipinski definition) is 3. The fraction of sp³-hybridized carbons (Fsp3) is 0. The molecule has 0 radical (unpaired) electrons. The number of carbonyl (C=O) groups is 1. The van der Waals surface area contributed by atoms with E-state index in [1.54, 1.807) is 0 Å². The highest BCUT2D eigenvalue weighted by atomic mass is 79.9. The van der Waals surface area contributed by atoms with E-state index in [1.807, 2.05) is 0 Å². The molecule has 2 aromatic rings. The van der Waals surface area contributed by atoms with Gasteiger partial charge in [0, 0.05) is 5.69 Å². The normalized spacial score (nSPS) is 10.3. The smallest absolute Gasteiger partial charge is 0.259 e. The number of hydrogen-bond donors (Lipinski definition) is 2. The molecule has 1 amide bonds. The Morgan fingerprint density at radius 2 is 2.05 bits per heavy atom. The van der Waals surface area contributed by atoms with Crippen LogP contribution < -0.4 is 11.1 Å². The molecule has 2 rings (SSSR count). The number of pyridine rings is 1. The van der Waals surface area contributed by atoms with Gasteiger partial charge in [-0.15, -0.1) is 0 Å². The lowest BCUT2D eigenvalue weighted by Gasteiger charge is -2.07. The summed E-state index contributed by atoms with van der Waals surface area (Å²) < 4.78 is 26.2. The molecule has 0 aliphatic heterocycles. The number of amides is 1. The fourth-order valence-electron chi connectivity index (χ4n) is 1.40. The van der Waals surface area contributed by atoms with E-state index in [2.05, 4.69) is 26.2 Å². The molecule has 0 bridgehead atoms. The lowest BCUT2D eigenvalue weighted by atomic mass is 10.2. The van der Waals surface area contributed by atoms with E-state index in [9.17, 15) is 13.6 Å². The Kier molecular flexibility index (Phi) is 3.75. The van der Waals surface area contributed by atoms with Crippen molar-refractivity contribution in [3.63, 3.8) is 0 Å². The van der Waals surface area contributed by atoms with Crippen LogP contribution in [0.2, 0.25) is 0 Å². The molecule has 98 valence electrons. The van der Waals surface area contributed by atoms with Crippen LogP contribution in [-0.2, 0) is 0 Å². The number of benzene rings is 1. The van der Waals surface area contributed by atoms with Gasteiger partial charge < -0.3 is 11.1 Å². The maximum Gasteiger partial charge on any atom is 0.259 e. The Labute approximate surface area is 115 Å². The highest BCUT2D eigenvalue weighted by Crippen LogP contribution is 2.21. The summed E-state index contributed by atoms with van der Waals surface area (Å²) in [7, 11) is 0. The second-order valence-corrected chi connectivity index (χ2v) is 4.52. The third-order valence-corrected chi connectivity index (χ3v) is 2.91. The number of halogens is 3. The van der Waals surface area contributed by atoms with Gasteiger partial charge in [0.25, 0.3) is 5.91 Å². The van der Waals surface area contributed by atoms with Crippen molar-refractivity contribution in [3.05, 3.63) is 52.1 Å². The van der Waals surface area contributed by atoms with Gasteiger partial charge in [-0.1, -0.05) is 0 Å². The van der Waals surface area contributed by atoms with Crippen LogP contribution in [0.3, 0.4) is 0 Å². The number of carbonyl (C=O) groups excluding carboxylic acids is 1. The Hall–Kier alpha value is -2.02. The van der Waals surface area contributed by atoms with Crippen LogP contribution in [0.15, 0.2) is 34.9 Å². The van der Waals surface area contributed by atoms with Crippen LogP contribution in [0.1, 0.15) is 10.4 Å². The number of nitrogen functional groups attached to an aromatic ring is 1. The second-order valence-electron chi connectivity index (χ2n) is 3.67. The lowest BCUT2D eigenvalue weighted by molar-refractivity contribution is 0.102. The molecule has 1 heterocycles. The molecule has 0 saturated heterocycles. The quantitative estimate of drug-likeness (QED) is 0.891. The third-order valence-electron chi connectivity index (χ3n) is 2.31. The number of aromatic nitrogens is 1. The van der Waals surface area contributed by atoms with E-state index < -0.39 is 17.5 Å². The molecule has 4 nitrogen and oxygen atoms in total. The topological polar surface area (TPSA) is 68.0 Å². The zero-order valence-electron chi connectivity index (χ0n) is 9.45. The van der Waals surface area contributed by atoms with Crippen molar-refractivity contribution in [2.24, 2.45) is 0 Å². The molecule has 0 saturated carbocycles. The predicted molar refractivity (Wildman–Crippen MR) is 70.7 cm³/mol. The maximum absolute atomic E-state index is 13.0. The minimum atomic E-state index is -0.667. The molecule has 1 aromatic heterocycles. The van der Waals surface area contributed by atoms with E-state index in [0.29, 0.717) is 5.69 Å². The molecule has 0 aliphatic carbocycles. The van der Waals surface area contributed by atoms with Gasteiger partial charge in [-0.25, -0.2) is 13.8 Å². The van der Waals surface area contributed by atoms with Crippen molar-refractivity contribution in [1.29, 1.82) is 0 Å². The Bertz CT molecular complexity index is 649. The largest absolute Gasteiger partial charge is 0.383 e. The minimum Gasteiger partial charge on any atom is -0.383 e. The van der Waals surface area contributed by atoms with Crippen molar-refractivity contribution in [1.82, 2.24) is 4.98 Å². The lowest BCUT2D eigenvalue weighted by Crippen LogP contribution is -2.15. The first-order valence-electron chi connectivity index (χ1n) is 5.15. The molecule has 0 atom stereocenters. The van der Waals surface area contributed by atoms with E-state index in [1.165, 1.54) is 18.2 Å². The number of nitrogens with one attached hydrogen (secondary N) is 1. The van der Waals surface area contributed by atoms with Gasteiger partial charge in [-0.3, -0.25) is 4.79 Å². The number of nitrogens with two attached hydrogens (primary N) is 1. The molecule has 19 heavy (non-hydrogen) atoms. The van der Waals surface area contributed by atoms with Crippen molar-refractivity contribution in [2.75, 3.05) is 11.1 Å². The summed E-state index contributed by atoms with van der Waals surface area (Å²) in [4.78, 5) is 15.4. The summed E-state index contributed by atoms with van der Waals surface area (Å²) >= 11 is 2.99. The molecule has 7 heteroatoms. The molecule has 0 spiro atoms. The summed E-state index contributed by atoms with van der Waals surface area (Å²) in [5.74, 6) is -1.83. The Morgan fingerprint density at radius 3 is 2.74 bits per heavy atom. The van der Waals surface area contributed by atoms with Crippen LogP contribution in [-0.4, -0.2) is 10.9 Å². The van der Waals surface area contributed by atoms with Gasteiger partial charge >= 0.3 is 0 Å². The zero-order chi connectivity index (χ0) is 14.0. The van der Waals surface area contributed by atoms with Crippen LogP contribution in [0.4, 0.5) is 20.3 Å². The second kappa shape index (κ2) is 5.31. The van der Waals surface area contributed by atoms with Crippen LogP contribution in [0, 0.1) is 11.6 Å². The first-order chi connectivity index (χ1) is 8.97. The molecule has 0 unspecified atom stereocenters. The van der Waals surface area contributed by atoms with Crippen molar-refractivity contribution in [2.45, 2.75) is 0 Å². The summed E-state index contributed by atoms with van der Waals surface area (Å²) in [5, 5.41) is 2.47. The first kappa shape index (κ1) is 13.4. The summed E-state index contributed by atoms with van der Waals surface area (Å²) in [6, 6.07) is 4.93. The average molecular weight is 328 g/mol. The molecule has 1 aromatic carbocycles. The van der Waals surface area contributed by atoms with Crippen molar-refractivity contribution >= 4 is 33.3 Å². The summed E-state index contributed by atoms with van der Waals surface area (Å²) in [6.07, 6.45) is 0.917. The summed E-state index contributed by atoms with van der Waals surface area (Å²) in [5.41, 5.74) is 5.76. The van der Waals surface area contributed by atoms with Crippen molar-refractivity contribution in [3.8, 4) is 0 Å². The fourth-order valence-corrected chi connectivity index (χ4v) is 1.78. The Morgan fingerprint density at radius 1 is 1.32 bits per heavy atom. The zero-order valence-corrected chi connectivity index (χ0v) is 11.0. The summed E-state index contributed by atoms with van der Waals surface area (Å²) in [6.45, 7) is 0. The van der Waals surface area contributed by atoms with Crippen LogP contribution in [0.25, 0.3) is 0 Å². The third kappa shape index (κ3) is 3.05. The van der Waals surface area contributed by atoms with Gasteiger partial charge in [0.05, 0.1) is 16.2 Å². The minimum absolute atomic E-state index is 0.0829. The van der Waals surface area contributed by atoms with Gasteiger partial charge in [-0.2, -0.15) is 0 Å². The molecule has 3 N–H and O–H groups in total. The molecule has 0 aliphatic rings. The monoisotopic (exact) mass is 327 g/mol. The van der Waals surface area contributed by atoms with Crippen LogP contribution >= 0.6 is 15.9 Å². The highest BCUT2D eigenvalue weighted by molar-refractivity contribution is 9.10. The van der Waals surface area contributed by atoms with E-state index in [0.717, 1.165) is 12.3 Å². The first-order valence-corrected chi connectivity index (χ1v) is 5.94. The average Bonchev–Trinajstić information content (AvgIpc) is 2.36. The van der Waals surface area contributed by atoms with Gasteiger partial charge in [0.15, 0.2) is 0 Å². The van der Waals surface area contributed by atoms with E-state index in [-0.39, 0.29) is 15.9 Å². The van der Waals surface area contributed by atoms with Gasteiger partial charge in [0.1, 0.15) is 17.5 Å². The van der Waals surface area contributed by atoms with Gasteiger partial charge in [0.2, 0.25) is 0 Å².